The average molecular weight is 266 g/mol. The fourth-order valence-electron chi connectivity index (χ4n) is 1.71. The molecule has 0 spiro atoms. The van der Waals surface area contributed by atoms with Gasteiger partial charge >= 0.3 is 0 Å². The number of ether oxygens (including phenoxy) is 2. The van der Waals surface area contributed by atoms with Crippen molar-refractivity contribution in [3.8, 4) is 11.5 Å². The summed E-state index contributed by atoms with van der Waals surface area (Å²) in [5.41, 5.74) is 0.935. The van der Waals surface area contributed by atoms with Gasteiger partial charge in [-0.05, 0) is 32.1 Å². The van der Waals surface area contributed by atoms with Crippen molar-refractivity contribution in [3.05, 3.63) is 23.8 Å². The molecular weight excluding hydrogens is 244 g/mol. The Bertz CT molecular complexity index is 408. The number of hydrogen-bond acceptors (Lipinski definition) is 4. The Morgan fingerprint density at radius 3 is 2.68 bits per heavy atom. The second-order valence-corrected chi connectivity index (χ2v) is 4.16. The maximum absolute atomic E-state index is 11.6. The van der Waals surface area contributed by atoms with Gasteiger partial charge in [0.2, 0.25) is 5.91 Å². The molecule has 0 unspecified atom stereocenters. The van der Waals surface area contributed by atoms with Crippen molar-refractivity contribution in [2.45, 2.75) is 19.4 Å². The number of amides is 1. The number of carbonyl (C=O) groups is 1. The van der Waals surface area contributed by atoms with Crippen LogP contribution in [0.25, 0.3) is 0 Å². The number of nitrogens with one attached hydrogen (secondary N) is 2. The van der Waals surface area contributed by atoms with Crippen molar-refractivity contribution in [1.29, 1.82) is 0 Å². The first-order valence-electron chi connectivity index (χ1n) is 6.33. The Hall–Kier alpha value is -1.75. The predicted molar refractivity (Wildman–Crippen MR) is 74.6 cm³/mol. The third-order valence-electron chi connectivity index (χ3n) is 2.80. The third kappa shape index (κ3) is 5.18. The second kappa shape index (κ2) is 8.37. The standard InChI is InChI=1S/C14H22N2O3/c1-15-8-4-5-14(17)16-10-11-6-7-12(18-2)9-13(11)19-3/h6-7,9,15H,4-5,8,10H2,1-3H3,(H,16,17). The van der Waals surface area contributed by atoms with Crippen molar-refractivity contribution in [2.75, 3.05) is 27.8 Å². The molecule has 0 aliphatic rings. The van der Waals surface area contributed by atoms with Gasteiger partial charge in [0.25, 0.3) is 0 Å². The molecule has 106 valence electrons. The van der Waals surface area contributed by atoms with Crippen molar-refractivity contribution in [3.63, 3.8) is 0 Å². The highest BCUT2D eigenvalue weighted by atomic mass is 16.5. The van der Waals surface area contributed by atoms with Crippen LogP contribution in [0.15, 0.2) is 18.2 Å². The molecule has 0 aliphatic carbocycles. The van der Waals surface area contributed by atoms with E-state index in [-0.39, 0.29) is 5.91 Å². The molecule has 0 saturated carbocycles. The molecule has 0 bridgehead atoms. The lowest BCUT2D eigenvalue weighted by Crippen LogP contribution is -2.23. The van der Waals surface area contributed by atoms with Crippen LogP contribution in [0.4, 0.5) is 0 Å². The Labute approximate surface area is 114 Å². The van der Waals surface area contributed by atoms with Gasteiger partial charge in [0.15, 0.2) is 0 Å². The maximum Gasteiger partial charge on any atom is 0.220 e. The molecule has 5 nitrogen and oxygen atoms in total. The van der Waals surface area contributed by atoms with Crippen LogP contribution >= 0.6 is 0 Å². The molecule has 0 saturated heterocycles. The summed E-state index contributed by atoms with van der Waals surface area (Å²) in [5, 5.41) is 5.90. The minimum atomic E-state index is 0.0492. The Morgan fingerprint density at radius 2 is 2.05 bits per heavy atom. The summed E-state index contributed by atoms with van der Waals surface area (Å²) in [5.74, 6) is 1.50. The first-order valence-corrected chi connectivity index (χ1v) is 6.33. The van der Waals surface area contributed by atoms with Crippen LogP contribution in [0.5, 0.6) is 11.5 Å². The summed E-state index contributed by atoms with van der Waals surface area (Å²) < 4.78 is 10.4. The molecule has 0 radical (unpaired) electrons. The van der Waals surface area contributed by atoms with E-state index >= 15 is 0 Å². The van der Waals surface area contributed by atoms with E-state index in [0.29, 0.717) is 13.0 Å². The lowest BCUT2D eigenvalue weighted by atomic mass is 10.2. The van der Waals surface area contributed by atoms with Crippen molar-refractivity contribution in [1.82, 2.24) is 10.6 Å². The van der Waals surface area contributed by atoms with Crippen molar-refractivity contribution >= 4 is 5.91 Å². The van der Waals surface area contributed by atoms with E-state index in [4.69, 9.17) is 9.47 Å². The Kier molecular flexibility index (Phi) is 6.74. The molecule has 0 aliphatic heterocycles. The number of carbonyl (C=O) groups excluding carboxylic acids is 1. The number of benzene rings is 1. The zero-order valence-electron chi connectivity index (χ0n) is 11.8. The zero-order valence-corrected chi connectivity index (χ0v) is 11.8. The van der Waals surface area contributed by atoms with Gasteiger partial charge in [0, 0.05) is 24.6 Å². The summed E-state index contributed by atoms with van der Waals surface area (Å²) in [6, 6.07) is 5.55. The molecule has 1 rings (SSSR count). The largest absolute Gasteiger partial charge is 0.497 e. The van der Waals surface area contributed by atoms with Crippen LogP contribution < -0.4 is 20.1 Å². The smallest absolute Gasteiger partial charge is 0.220 e. The Morgan fingerprint density at radius 1 is 1.26 bits per heavy atom. The van der Waals surface area contributed by atoms with Gasteiger partial charge in [0.05, 0.1) is 14.2 Å². The van der Waals surface area contributed by atoms with E-state index in [1.165, 1.54) is 0 Å². The topological polar surface area (TPSA) is 59.6 Å². The summed E-state index contributed by atoms with van der Waals surface area (Å²) >= 11 is 0. The van der Waals surface area contributed by atoms with E-state index in [1.807, 2.05) is 25.2 Å². The summed E-state index contributed by atoms with van der Waals surface area (Å²) in [6.45, 7) is 1.31. The quantitative estimate of drug-likeness (QED) is 0.697. The fraction of sp³-hybridized carbons (Fsp3) is 0.500. The number of rotatable bonds is 8. The highest BCUT2D eigenvalue weighted by molar-refractivity contribution is 5.75. The van der Waals surface area contributed by atoms with Crippen LogP contribution in [-0.2, 0) is 11.3 Å². The van der Waals surface area contributed by atoms with E-state index in [2.05, 4.69) is 10.6 Å². The van der Waals surface area contributed by atoms with E-state index < -0.39 is 0 Å². The van der Waals surface area contributed by atoms with Gasteiger partial charge < -0.3 is 20.1 Å². The lowest BCUT2D eigenvalue weighted by molar-refractivity contribution is -0.121. The van der Waals surface area contributed by atoms with Gasteiger partial charge in [0.1, 0.15) is 11.5 Å². The normalized spacial score (nSPS) is 10.1. The van der Waals surface area contributed by atoms with Crippen molar-refractivity contribution in [2.24, 2.45) is 0 Å². The fourth-order valence-corrected chi connectivity index (χ4v) is 1.71. The molecule has 1 aromatic rings. The predicted octanol–water partition coefficient (Wildman–Crippen LogP) is 1.32. The molecule has 0 atom stereocenters. The van der Waals surface area contributed by atoms with Gasteiger partial charge in [-0.3, -0.25) is 4.79 Å². The molecular formula is C14H22N2O3. The van der Waals surface area contributed by atoms with Crippen LogP contribution in [0, 0.1) is 0 Å². The molecule has 0 aromatic heterocycles. The van der Waals surface area contributed by atoms with Crippen LogP contribution in [0.2, 0.25) is 0 Å². The number of hydrogen-bond donors (Lipinski definition) is 2. The van der Waals surface area contributed by atoms with Crippen LogP contribution in [0.3, 0.4) is 0 Å². The van der Waals surface area contributed by atoms with Crippen molar-refractivity contribution < 1.29 is 14.3 Å². The van der Waals surface area contributed by atoms with Gasteiger partial charge in [-0.15, -0.1) is 0 Å². The highest BCUT2D eigenvalue weighted by Gasteiger charge is 2.07. The molecule has 1 amide bonds. The highest BCUT2D eigenvalue weighted by Crippen LogP contribution is 2.24. The first-order chi connectivity index (χ1) is 9.21. The van der Waals surface area contributed by atoms with Crippen LogP contribution in [0.1, 0.15) is 18.4 Å². The molecule has 19 heavy (non-hydrogen) atoms. The second-order valence-electron chi connectivity index (χ2n) is 4.16. The molecule has 2 N–H and O–H groups in total. The molecule has 0 heterocycles. The zero-order chi connectivity index (χ0) is 14.1. The third-order valence-corrected chi connectivity index (χ3v) is 2.80. The molecule has 1 aromatic carbocycles. The van der Waals surface area contributed by atoms with Gasteiger partial charge in [-0.1, -0.05) is 0 Å². The molecule has 0 fully saturated rings. The summed E-state index contributed by atoms with van der Waals surface area (Å²) in [7, 11) is 5.09. The SMILES string of the molecule is CNCCCC(=O)NCc1ccc(OC)cc1OC. The van der Waals surface area contributed by atoms with E-state index in [0.717, 1.165) is 30.0 Å². The van der Waals surface area contributed by atoms with Gasteiger partial charge in [-0.2, -0.15) is 0 Å². The van der Waals surface area contributed by atoms with Gasteiger partial charge in [-0.25, -0.2) is 0 Å². The maximum atomic E-state index is 11.6. The monoisotopic (exact) mass is 266 g/mol. The minimum Gasteiger partial charge on any atom is -0.497 e. The minimum absolute atomic E-state index is 0.0492. The van der Waals surface area contributed by atoms with Crippen LogP contribution in [-0.4, -0.2) is 33.7 Å². The average Bonchev–Trinajstić information content (AvgIpc) is 2.45. The summed E-state index contributed by atoms with van der Waals surface area (Å²) in [6.07, 6.45) is 1.36. The van der Waals surface area contributed by atoms with E-state index in [9.17, 15) is 4.79 Å². The lowest BCUT2D eigenvalue weighted by Gasteiger charge is -2.11. The first kappa shape index (κ1) is 15.3. The Balaban J connectivity index is 2.50. The summed E-state index contributed by atoms with van der Waals surface area (Å²) in [4.78, 5) is 11.6. The number of methoxy groups -OCH3 is 2. The molecule has 5 heteroatoms. The van der Waals surface area contributed by atoms with E-state index in [1.54, 1.807) is 14.2 Å².